The third-order valence-corrected chi connectivity index (χ3v) is 5.68. The first-order chi connectivity index (χ1) is 9.42. The topological polar surface area (TPSA) is 97.4 Å². The van der Waals surface area contributed by atoms with E-state index in [4.69, 9.17) is 10.7 Å². The molecule has 1 N–H and O–H groups in total. The van der Waals surface area contributed by atoms with Gasteiger partial charge in [-0.2, -0.15) is 0 Å². The monoisotopic (exact) mass is 421 g/mol. The second kappa shape index (κ2) is 6.59. The lowest BCUT2D eigenvalue weighted by Crippen LogP contribution is -2.29. The van der Waals surface area contributed by atoms with Crippen molar-refractivity contribution < 1.29 is 26.0 Å². The highest BCUT2D eigenvalue weighted by Crippen LogP contribution is 2.29. The predicted molar refractivity (Wildman–Crippen MR) is 79.2 cm³/mol. The second-order valence-corrected chi connectivity index (χ2v) is 9.68. The Labute approximate surface area is 134 Å². The molecule has 0 heterocycles. The number of carbonyl (C=O) groups excluding carboxylic acids is 1. The van der Waals surface area contributed by atoms with Gasteiger partial charge < -0.3 is 5.32 Å². The van der Waals surface area contributed by atoms with Crippen molar-refractivity contribution in [2.75, 3.05) is 18.6 Å². The van der Waals surface area contributed by atoms with Crippen molar-refractivity contribution in [3.63, 3.8) is 0 Å². The molecule has 0 aromatic heterocycles. The average Bonchev–Trinajstić information content (AvgIpc) is 2.28. The summed E-state index contributed by atoms with van der Waals surface area (Å²) in [5, 5.41) is 2.25. The number of hydrogen-bond donors (Lipinski definition) is 1. The van der Waals surface area contributed by atoms with Gasteiger partial charge in [0.25, 0.3) is 15.0 Å². The van der Waals surface area contributed by atoms with Crippen LogP contribution in [0, 0.1) is 5.82 Å². The summed E-state index contributed by atoms with van der Waals surface area (Å²) in [4.78, 5) is 11.3. The summed E-state index contributed by atoms with van der Waals surface area (Å²) in [7, 11) is -2.37. The van der Waals surface area contributed by atoms with Crippen LogP contribution in [0.2, 0.25) is 0 Å². The fourth-order valence-corrected chi connectivity index (χ4v) is 4.10. The van der Waals surface area contributed by atoms with E-state index in [0.717, 1.165) is 12.3 Å². The molecule has 0 saturated heterocycles. The number of amides is 1. The normalized spacial score (nSPS) is 12.2. The van der Waals surface area contributed by atoms with Crippen LogP contribution in [0.1, 0.15) is 10.4 Å². The van der Waals surface area contributed by atoms with Gasteiger partial charge in [-0.05, 0) is 28.1 Å². The Morgan fingerprint density at radius 1 is 1.33 bits per heavy atom. The third kappa shape index (κ3) is 5.53. The quantitative estimate of drug-likeness (QED) is 0.721. The van der Waals surface area contributed by atoms with E-state index in [0.29, 0.717) is 6.07 Å². The molecule has 1 rings (SSSR count). The molecular formula is C10H10BrClFNO5S2. The molecule has 0 aliphatic rings. The molecular weight excluding hydrogens is 413 g/mol. The van der Waals surface area contributed by atoms with Crippen LogP contribution in [0.4, 0.5) is 4.39 Å². The van der Waals surface area contributed by atoms with E-state index in [2.05, 4.69) is 21.2 Å². The Hall–Kier alpha value is -0.710. The Kier molecular flexibility index (Phi) is 5.76. The third-order valence-electron chi connectivity index (χ3n) is 2.27. The van der Waals surface area contributed by atoms with Gasteiger partial charge in [0.2, 0.25) is 0 Å². The van der Waals surface area contributed by atoms with Gasteiger partial charge >= 0.3 is 0 Å². The maximum Gasteiger partial charge on any atom is 0.262 e. The first-order valence-corrected chi connectivity index (χ1v) is 10.5. The predicted octanol–water partition coefficient (Wildman–Crippen LogP) is 1.29. The number of rotatable bonds is 5. The molecule has 1 aromatic carbocycles. The van der Waals surface area contributed by atoms with Crippen molar-refractivity contribution in [3.05, 3.63) is 28.0 Å². The molecule has 0 radical (unpaired) electrons. The molecule has 0 bridgehead atoms. The summed E-state index contributed by atoms with van der Waals surface area (Å²) in [6.45, 7) is -0.191. The van der Waals surface area contributed by atoms with Gasteiger partial charge in [-0.15, -0.1) is 0 Å². The molecule has 21 heavy (non-hydrogen) atoms. The van der Waals surface area contributed by atoms with Crippen LogP contribution < -0.4 is 5.32 Å². The molecule has 118 valence electrons. The Balaban J connectivity index is 3.08. The van der Waals surface area contributed by atoms with Crippen molar-refractivity contribution >= 4 is 51.4 Å². The molecule has 11 heteroatoms. The van der Waals surface area contributed by atoms with E-state index >= 15 is 0 Å². The van der Waals surface area contributed by atoms with Crippen molar-refractivity contribution in [1.82, 2.24) is 5.32 Å². The van der Waals surface area contributed by atoms with Crippen LogP contribution in [0.5, 0.6) is 0 Å². The molecule has 0 fully saturated rings. The van der Waals surface area contributed by atoms with Gasteiger partial charge in [0.15, 0.2) is 0 Å². The number of carbonyl (C=O) groups is 1. The lowest BCUT2D eigenvalue weighted by Gasteiger charge is -2.09. The van der Waals surface area contributed by atoms with Crippen molar-refractivity contribution in [2.45, 2.75) is 4.90 Å². The van der Waals surface area contributed by atoms with Crippen molar-refractivity contribution in [3.8, 4) is 0 Å². The summed E-state index contributed by atoms with van der Waals surface area (Å²) in [6, 6.07) is 1.48. The molecule has 0 aliphatic carbocycles. The van der Waals surface area contributed by atoms with Gasteiger partial charge in [0.05, 0.1) is 15.8 Å². The molecule has 0 spiro atoms. The van der Waals surface area contributed by atoms with Gasteiger partial charge in [-0.1, -0.05) is 0 Å². The van der Waals surface area contributed by atoms with Crippen molar-refractivity contribution in [1.29, 1.82) is 0 Å². The van der Waals surface area contributed by atoms with Gasteiger partial charge in [-0.25, -0.2) is 21.2 Å². The average molecular weight is 423 g/mol. The largest absolute Gasteiger partial charge is 0.351 e. The molecule has 6 nitrogen and oxygen atoms in total. The van der Waals surface area contributed by atoms with E-state index in [1.54, 1.807) is 0 Å². The van der Waals surface area contributed by atoms with Crippen LogP contribution in [-0.2, 0) is 18.9 Å². The zero-order chi connectivity index (χ0) is 16.4. The summed E-state index contributed by atoms with van der Waals surface area (Å²) < 4.78 is 57.6. The maximum absolute atomic E-state index is 13.4. The maximum atomic E-state index is 13.4. The van der Waals surface area contributed by atoms with E-state index < -0.39 is 35.5 Å². The minimum Gasteiger partial charge on any atom is -0.351 e. The van der Waals surface area contributed by atoms with Crippen LogP contribution in [-0.4, -0.2) is 41.3 Å². The highest BCUT2D eigenvalue weighted by Gasteiger charge is 2.22. The highest BCUT2D eigenvalue weighted by molar-refractivity contribution is 9.10. The Morgan fingerprint density at radius 2 is 1.90 bits per heavy atom. The first kappa shape index (κ1) is 18.3. The van der Waals surface area contributed by atoms with E-state index in [-0.39, 0.29) is 22.3 Å². The standard InChI is InChI=1S/C10H10BrClFNO5S2/c1-20(16,17)3-2-14-10(15)7-4-6(13)5-8(9(7)11)21(12,18)19/h4-5H,2-3H2,1H3,(H,14,15). The van der Waals surface area contributed by atoms with E-state index in [1.165, 1.54) is 0 Å². The summed E-state index contributed by atoms with van der Waals surface area (Å²) in [5.74, 6) is -2.09. The lowest BCUT2D eigenvalue weighted by molar-refractivity contribution is 0.0954. The zero-order valence-corrected chi connectivity index (χ0v) is 14.5. The van der Waals surface area contributed by atoms with Crippen LogP contribution in [0.25, 0.3) is 0 Å². The van der Waals surface area contributed by atoms with Gasteiger partial charge in [-0.3, -0.25) is 4.79 Å². The molecule has 0 unspecified atom stereocenters. The molecule has 1 aromatic rings. The Morgan fingerprint density at radius 3 is 2.38 bits per heavy atom. The number of benzene rings is 1. The Bertz CT molecular complexity index is 779. The van der Waals surface area contributed by atoms with E-state index in [1.807, 2.05) is 0 Å². The van der Waals surface area contributed by atoms with E-state index in [9.17, 15) is 26.0 Å². The van der Waals surface area contributed by atoms with Crippen molar-refractivity contribution in [2.24, 2.45) is 0 Å². The van der Waals surface area contributed by atoms with Gasteiger partial charge in [0, 0.05) is 23.5 Å². The smallest absolute Gasteiger partial charge is 0.262 e. The molecule has 0 saturated carbocycles. The number of halogens is 3. The van der Waals surface area contributed by atoms with Gasteiger partial charge in [0.1, 0.15) is 20.5 Å². The minimum atomic E-state index is -4.25. The first-order valence-electron chi connectivity index (χ1n) is 5.31. The number of nitrogens with one attached hydrogen (secondary N) is 1. The fourth-order valence-electron chi connectivity index (χ4n) is 1.35. The molecule has 1 amide bonds. The molecule has 0 aliphatic heterocycles. The second-order valence-electron chi connectivity index (χ2n) is 4.09. The van der Waals surface area contributed by atoms with Crippen LogP contribution in [0.3, 0.4) is 0 Å². The number of sulfone groups is 1. The summed E-state index contributed by atoms with van der Waals surface area (Å²) in [6.07, 6.45) is 0.995. The summed E-state index contributed by atoms with van der Waals surface area (Å²) in [5.41, 5.74) is -0.303. The minimum absolute atomic E-state index is 0.191. The van der Waals surface area contributed by atoms with Crippen LogP contribution in [0.15, 0.2) is 21.5 Å². The van der Waals surface area contributed by atoms with Crippen LogP contribution >= 0.6 is 26.6 Å². The lowest BCUT2D eigenvalue weighted by atomic mass is 10.2. The fraction of sp³-hybridized carbons (Fsp3) is 0.300. The number of hydrogen-bond acceptors (Lipinski definition) is 5. The SMILES string of the molecule is CS(=O)(=O)CCNC(=O)c1cc(F)cc(S(=O)(=O)Cl)c1Br. The zero-order valence-electron chi connectivity index (χ0n) is 10.6. The highest BCUT2D eigenvalue weighted by atomic mass is 79.9. The molecule has 0 atom stereocenters. The summed E-state index contributed by atoms with van der Waals surface area (Å²) >= 11 is 2.87.